The van der Waals surface area contributed by atoms with Crippen LogP contribution in [-0.4, -0.2) is 27.6 Å². The molecule has 0 heterocycles. The Morgan fingerprint density at radius 1 is 1.38 bits per heavy atom. The Hall–Kier alpha value is 0.550. The van der Waals surface area contributed by atoms with Gasteiger partial charge in [0.1, 0.15) is 12.2 Å². The maximum atomic E-state index is 10.7. The smallest absolute Gasteiger partial charge is 0.438 e. The Bertz CT molecular complexity index is 251. The molecule has 1 N–H and O–H groups in total. The van der Waals surface area contributed by atoms with Crippen molar-refractivity contribution in [2.24, 2.45) is 0 Å². The molecule has 0 radical (unpaired) electrons. The van der Waals surface area contributed by atoms with Crippen LogP contribution in [-0.2, 0) is 14.0 Å². The quantitative estimate of drug-likeness (QED) is 0.333. The molecule has 0 bridgehead atoms. The van der Waals surface area contributed by atoms with Crippen LogP contribution in [0.3, 0.4) is 0 Å². The molecule has 1 atom stereocenters. The van der Waals surface area contributed by atoms with Gasteiger partial charge in [0.2, 0.25) is 3.79 Å². The second kappa shape index (κ2) is 7.80. The lowest BCUT2D eigenvalue weighted by atomic mass is 10.2. The zero-order chi connectivity index (χ0) is 13.6. The molecule has 0 aliphatic heterocycles. The van der Waals surface area contributed by atoms with Gasteiger partial charge in [0.05, 0.1) is 7.11 Å². The summed E-state index contributed by atoms with van der Waals surface area (Å²) in [7, 11) is -0.999. The summed E-state index contributed by atoms with van der Waals surface area (Å²) in [6, 6.07) is 0. The molecule has 0 aliphatic carbocycles. The number of halogens is 3. The summed E-state index contributed by atoms with van der Waals surface area (Å²) in [5.74, 6) is 0. The van der Waals surface area contributed by atoms with Crippen LogP contribution in [0.15, 0.2) is 0 Å². The molecule has 0 fully saturated rings. The summed E-state index contributed by atoms with van der Waals surface area (Å²) < 4.78 is 16.3. The van der Waals surface area contributed by atoms with Gasteiger partial charge in [-0.05, 0) is 18.4 Å². The maximum absolute atomic E-state index is 10.7. The van der Waals surface area contributed by atoms with Crippen LogP contribution in [0, 0.1) is 0 Å². The molecular formula is C6H11Cl3O5PS+. The van der Waals surface area contributed by atoms with E-state index in [1.165, 1.54) is 21.0 Å². The molecule has 96 valence electrons. The van der Waals surface area contributed by atoms with Gasteiger partial charge in [-0.15, -0.1) is 0 Å². The fourth-order valence-corrected chi connectivity index (χ4v) is 0.424. The molecule has 0 aromatic heterocycles. The molecule has 10 heteroatoms. The predicted octanol–water partition coefficient (Wildman–Crippen LogP) is 3.48. The number of rotatable bonds is 1. The zero-order valence-electron chi connectivity index (χ0n) is 8.61. The third kappa shape index (κ3) is 9.75. The van der Waals surface area contributed by atoms with Crippen LogP contribution >= 0.6 is 54.3 Å². The Balaban J connectivity index is 0. The van der Waals surface area contributed by atoms with Crippen molar-refractivity contribution in [3.8, 4) is 0 Å². The molecule has 0 aromatic rings. The third-order valence-electron chi connectivity index (χ3n) is 1.19. The van der Waals surface area contributed by atoms with E-state index in [0.717, 1.165) is 0 Å². The van der Waals surface area contributed by atoms with E-state index in [0.29, 0.717) is 0 Å². The largest absolute Gasteiger partial charge is 0.579 e. The van der Waals surface area contributed by atoms with Crippen LogP contribution in [0.25, 0.3) is 0 Å². The van der Waals surface area contributed by atoms with Crippen LogP contribution in [0.5, 0.6) is 0 Å². The van der Waals surface area contributed by atoms with Crippen molar-refractivity contribution in [3.05, 3.63) is 0 Å². The minimum Gasteiger partial charge on any atom is -0.438 e. The molecule has 16 heavy (non-hydrogen) atoms. The molecule has 0 rings (SSSR count). The summed E-state index contributed by atoms with van der Waals surface area (Å²) in [4.78, 5) is 18.1. The lowest BCUT2D eigenvalue weighted by Gasteiger charge is -2.30. The first kappa shape index (κ1) is 18.9. The van der Waals surface area contributed by atoms with Gasteiger partial charge in [0.15, 0.2) is 5.60 Å². The highest BCUT2D eigenvalue weighted by Crippen LogP contribution is 2.40. The molecule has 0 saturated heterocycles. The van der Waals surface area contributed by atoms with E-state index in [4.69, 9.17) is 49.0 Å². The summed E-state index contributed by atoms with van der Waals surface area (Å²) in [6.45, 7) is 2.94. The minimum absolute atomic E-state index is 0.883. The first-order valence-electron chi connectivity index (χ1n) is 3.62. The number of hydrogen-bond donors (Lipinski definition) is 2. The van der Waals surface area contributed by atoms with E-state index < -0.39 is 22.8 Å². The van der Waals surface area contributed by atoms with E-state index >= 15 is 0 Å². The highest BCUT2D eigenvalue weighted by atomic mass is 35.6. The fraction of sp³-hybridized carbons (Fsp3) is 0.833. The zero-order valence-corrected chi connectivity index (χ0v) is 12.7. The van der Waals surface area contributed by atoms with Crippen molar-refractivity contribution in [2.45, 2.75) is 23.2 Å². The summed E-state index contributed by atoms with van der Waals surface area (Å²) in [6.07, 6.45) is -0.883. The summed E-state index contributed by atoms with van der Waals surface area (Å²) >= 11 is 19.6. The third-order valence-corrected chi connectivity index (χ3v) is 2.55. The topological polar surface area (TPSA) is 72.8 Å². The Morgan fingerprint density at radius 2 is 1.69 bits per heavy atom. The Kier molecular flexibility index (Phi) is 9.21. The van der Waals surface area contributed by atoms with Crippen LogP contribution in [0.1, 0.15) is 13.8 Å². The van der Waals surface area contributed by atoms with Crippen molar-refractivity contribution in [2.75, 3.05) is 7.11 Å². The van der Waals surface area contributed by atoms with Gasteiger partial charge < -0.3 is 9.47 Å². The first-order valence-corrected chi connectivity index (χ1v) is 7.12. The molecule has 1 unspecified atom stereocenters. The van der Waals surface area contributed by atoms with Crippen LogP contribution in [0.4, 0.5) is 4.79 Å². The van der Waals surface area contributed by atoms with E-state index in [-0.39, 0.29) is 0 Å². The van der Waals surface area contributed by atoms with Crippen LogP contribution in [0.2, 0.25) is 0 Å². The summed E-state index contributed by atoms with van der Waals surface area (Å²) in [5, 5.41) is 0. The highest BCUT2D eigenvalue weighted by molar-refractivity contribution is 8.38. The molecule has 0 amide bonds. The van der Waals surface area contributed by atoms with Gasteiger partial charge in [-0.3, -0.25) is 0 Å². The van der Waals surface area contributed by atoms with Gasteiger partial charge in [0.25, 0.3) is 0 Å². The Labute approximate surface area is 114 Å². The van der Waals surface area contributed by atoms with Gasteiger partial charge in [-0.1, -0.05) is 34.8 Å². The first-order chi connectivity index (χ1) is 6.94. The lowest BCUT2D eigenvalue weighted by molar-refractivity contribution is -0.00465. The maximum Gasteiger partial charge on any atom is 0.579 e. The van der Waals surface area contributed by atoms with Gasteiger partial charge in [-0.2, -0.15) is 4.89 Å². The van der Waals surface area contributed by atoms with Crippen molar-refractivity contribution in [1.29, 1.82) is 0 Å². The second-order valence-corrected chi connectivity index (χ2v) is 6.63. The minimum atomic E-state index is -2.18. The van der Waals surface area contributed by atoms with Crippen molar-refractivity contribution in [1.82, 2.24) is 0 Å². The number of carbonyl (C=O) groups excluding carboxylic acids is 1. The van der Waals surface area contributed by atoms with Crippen LogP contribution < -0.4 is 0 Å². The van der Waals surface area contributed by atoms with E-state index in [1.54, 1.807) is 0 Å². The number of carbonyl (C=O) groups is 1. The predicted molar refractivity (Wildman–Crippen MR) is 66.7 cm³/mol. The number of alkyl halides is 3. The Morgan fingerprint density at radius 3 is 1.88 bits per heavy atom. The molecule has 5 nitrogen and oxygen atoms in total. The molecular weight excluding hydrogens is 321 g/mol. The van der Waals surface area contributed by atoms with Crippen molar-refractivity contribution >= 4 is 60.4 Å². The van der Waals surface area contributed by atoms with E-state index in [2.05, 4.69) is 17.0 Å². The number of thiol groups is 1. The fourth-order valence-electron chi connectivity index (χ4n) is 0.308. The average molecular weight is 333 g/mol. The standard InChI is InChI=1S/C6H9Cl3O3.HO2PS/c1-5(2,6(7,8)9)12-4(10)11-3;1-3(2)4/h1-3H3;(H-,1,2,4)/p+1. The van der Waals surface area contributed by atoms with E-state index in [1.807, 2.05) is 0 Å². The average Bonchev–Trinajstić information content (AvgIpc) is 1.99. The lowest BCUT2D eigenvalue weighted by Crippen LogP contribution is -2.41. The number of methoxy groups -OCH3 is 1. The SMILES string of the molecule is COC(=O)OC(C)(C)C(Cl)(Cl)Cl.O=[P+](O)S. The monoisotopic (exact) mass is 331 g/mol. The van der Waals surface area contributed by atoms with Gasteiger partial charge >= 0.3 is 13.4 Å². The second-order valence-electron chi connectivity index (χ2n) is 2.82. The highest BCUT2D eigenvalue weighted by Gasteiger charge is 2.44. The molecule has 0 saturated carbocycles. The number of hydrogen-bond acceptors (Lipinski definition) is 4. The van der Waals surface area contributed by atoms with E-state index in [9.17, 15) is 4.79 Å². The normalized spacial score (nSPS) is 12.1. The van der Waals surface area contributed by atoms with Gasteiger partial charge in [-0.25, -0.2) is 4.79 Å². The molecule has 0 aliphatic rings. The van der Waals surface area contributed by atoms with Crippen molar-refractivity contribution < 1.29 is 23.7 Å². The molecule has 0 spiro atoms. The van der Waals surface area contributed by atoms with Crippen molar-refractivity contribution in [3.63, 3.8) is 0 Å². The molecule has 0 aromatic carbocycles. The van der Waals surface area contributed by atoms with Gasteiger partial charge in [0, 0.05) is 0 Å². The summed E-state index contributed by atoms with van der Waals surface area (Å²) in [5.41, 5.74) is -1.22. The number of ether oxygens (including phenoxy) is 2.